The number of aryl methyl sites for hydroxylation is 1. The van der Waals surface area contributed by atoms with Gasteiger partial charge in [-0.1, -0.05) is 19.1 Å². The van der Waals surface area contributed by atoms with E-state index in [4.69, 9.17) is 5.73 Å². The van der Waals surface area contributed by atoms with Gasteiger partial charge < -0.3 is 15.6 Å². The van der Waals surface area contributed by atoms with Gasteiger partial charge in [0, 0.05) is 17.6 Å². The maximum atomic E-state index is 12.4. The molecule has 1 heterocycles. The van der Waals surface area contributed by atoms with Gasteiger partial charge in [-0.25, -0.2) is 0 Å². The highest BCUT2D eigenvalue weighted by atomic mass is 32.2. The number of carbonyl (C=O) groups is 1. The number of amides is 1. The second-order valence-electron chi connectivity index (χ2n) is 4.51. The smallest absolute Gasteiger partial charge is 0.272 e. The molecule has 0 unspecified atom stereocenters. The van der Waals surface area contributed by atoms with Gasteiger partial charge in [-0.2, -0.15) is 0 Å². The lowest BCUT2D eigenvalue weighted by Crippen LogP contribution is -2.17. The van der Waals surface area contributed by atoms with Crippen LogP contribution in [-0.2, 0) is 6.54 Å². The Morgan fingerprint density at radius 2 is 2.15 bits per heavy atom. The SMILES string of the molecule is CCCn1cc(N)cc1C(=O)Nc1ccccc1SC. The van der Waals surface area contributed by atoms with E-state index in [9.17, 15) is 4.79 Å². The first-order chi connectivity index (χ1) is 9.65. The van der Waals surface area contributed by atoms with Gasteiger partial charge in [0.2, 0.25) is 0 Å². The molecule has 0 aliphatic carbocycles. The molecule has 0 aliphatic rings. The van der Waals surface area contributed by atoms with E-state index >= 15 is 0 Å². The number of hydrogen-bond acceptors (Lipinski definition) is 3. The maximum absolute atomic E-state index is 12.4. The zero-order chi connectivity index (χ0) is 14.5. The van der Waals surface area contributed by atoms with Crippen LogP contribution in [0.5, 0.6) is 0 Å². The van der Waals surface area contributed by atoms with Crippen LogP contribution in [0.3, 0.4) is 0 Å². The summed E-state index contributed by atoms with van der Waals surface area (Å²) in [7, 11) is 0. The Morgan fingerprint density at radius 3 is 2.85 bits per heavy atom. The fourth-order valence-electron chi connectivity index (χ4n) is 2.08. The number of rotatable bonds is 5. The normalized spacial score (nSPS) is 10.5. The molecule has 2 rings (SSSR count). The van der Waals surface area contributed by atoms with E-state index in [2.05, 4.69) is 12.2 Å². The highest BCUT2D eigenvalue weighted by Crippen LogP contribution is 2.25. The van der Waals surface area contributed by atoms with Crippen molar-refractivity contribution >= 4 is 29.0 Å². The van der Waals surface area contributed by atoms with Crippen molar-refractivity contribution < 1.29 is 4.79 Å². The second-order valence-corrected chi connectivity index (χ2v) is 5.35. The molecule has 0 saturated carbocycles. The molecule has 4 nitrogen and oxygen atoms in total. The lowest BCUT2D eigenvalue weighted by atomic mass is 10.3. The maximum Gasteiger partial charge on any atom is 0.272 e. The third-order valence-corrected chi connectivity index (χ3v) is 3.77. The van der Waals surface area contributed by atoms with E-state index in [1.165, 1.54) is 0 Å². The quantitative estimate of drug-likeness (QED) is 0.829. The molecule has 0 saturated heterocycles. The predicted octanol–water partition coefficient (Wildman–Crippen LogP) is 3.45. The monoisotopic (exact) mass is 289 g/mol. The number of aromatic nitrogens is 1. The molecule has 0 bridgehead atoms. The number of nitrogen functional groups attached to an aromatic ring is 1. The lowest BCUT2D eigenvalue weighted by molar-refractivity contribution is 0.101. The highest BCUT2D eigenvalue weighted by molar-refractivity contribution is 7.98. The summed E-state index contributed by atoms with van der Waals surface area (Å²) in [6.45, 7) is 2.85. The summed E-state index contributed by atoms with van der Waals surface area (Å²) >= 11 is 1.61. The van der Waals surface area contributed by atoms with Crippen LogP contribution in [0.4, 0.5) is 11.4 Å². The average molecular weight is 289 g/mol. The summed E-state index contributed by atoms with van der Waals surface area (Å²) in [6, 6.07) is 9.47. The van der Waals surface area contributed by atoms with Crippen molar-refractivity contribution in [3.63, 3.8) is 0 Å². The van der Waals surface area contributed by atoms with Crippen molar-refractivity contribution in [1.82, 2.24) is 4.57 Å². The molecule has 1 aromatic carbocycles. The molecule has 20 heavy (non-hydrogen) atoms. The van der Waals surface area contributed by atoms with Crippen LogP contribution in [0.15, 0.2) is 41.4 Å². The summed E-state index contributed by atoms with van der Waals surface area (Å²) in [5.74, 6) is -0.128. The number of thioether (sulfide) groups is 1. The van der Waals surface area contributed by atoms with Gasteiger partial charge in [0.15, 0.2) is 0 Å². The number of nitrogens with two attached hydrogens (primary N) is 1. The van der Waals surface area contributed by atoms with Gasteiger partial charge in [0.25, 0.3) is 5.91 Å². The van der Waals surface area contributed by atoms with Crippen molar-refractivity contribution in [3.05, 3.63) is 42.2 Å². The van der Waals surface area contributed by atoms with Crippen LogP contribution < -0.4 is 11.1 Å². The Morgan fingerprint density at radius 1 is 1.40 bits per heavy atom. The first-order valence-electron chi connectivity index (χ1n) is 6.55. The number of hydrogen-bond donors (Lipinski definition) is 2. The van der Waals surface area contributed by atoms with Gasteiger partial charge in [0.05, 0.1) is 11.4 Å². The third-order valence-electron chi connectivity index (χ3n) is 2.97. The fourth-order valence-corrected chi connectivity index (χ4v) is 2.64. The predicted molar refractivity (Wildman–Crippen MR) is 85.3 cm³/mol. The Kier molecular flexibility index (Phi) is 4.74. The van der Waals surface area contributed by atoms with Gasteiger partial charge >= 0.3 is 0 Å². The van der Waals surface area contributed by atoms with E-state index in [1.54, 1.807) is 24.0 Å². The van der Waals surface area contributed by atoms with Gasteiger partial charge in [-0.3, -0.25) is 4.79 Å². The first kappa shape index (κ1) is 14.5. The fraction of sp³-hybridized carbons (Fsp3) is 0.267. The van der Waals surface area contributed by atoms with Gasteiger partial charge in [-0.15, -0.1) is 11.8 Å². The minimum atomic E-state index is -0.128. The van der Waals surface area contributed by atoms with Crippen LogP contribution in [0.2, 0.25) is 0 Å². The van der Waals surface area contributed by atoms with Gasteiger partial charge in [0.1, 0.15) is 5.69 Å². The minimum Gasteiger partial charge on any atom is -0.397 e. The van der Waals surface area contributed by atoms with Crippen molar-refractivity contribution in [2.24, 2.45) is 0 Å². The summed E-state index contributed by atoms with van der Waals surface area (Å²) in [4.78, 5) is 13.4. The van der Waals surface area contributed by atoms with Crippen molar-refractivity contribution in [1.29, 1.82) is 0 Å². The zero-order valence-corrected chi connectivity index (χ0v) is 12.5. The molecule has 0 aliphatic heterocycles. The number of nitrogens with one attached hydrogen (secondary N) is 1. The van der Waals surface area contributed by atoms with E-state index < -0.39 is 0 Å². The number of benzene rings is 1. The molecular formula is C15H19N3OS. The molecule has 2 aromatic rings. The Labute approximate surface area is 123 Å². The summed E-state index contributed by atoms with van der Waals surface area (Å²) < 4.78 is 1.90. The zero-order valence-electron chi connectivity index (χ0n) is 11.7. The van der Waals surface area contributed by atoms with Gasteiger partial charge in [-0.05, 0) is 30.9 Å². The first-order valence-corrected chi connectivity index (χ1v) is 7.78. The summed E-state index contributed by atoms with van der Waals surface area (Å²) in [5.41, 5.74) is 7.83. The molecule has 1 amide bonds. The lowest BCUT2D eigenvalue weighted by Gasteiger charge is -2.11. The highest BCUT2D eigenvalue weighted by Gasteiger charge is 2.14. The molecule has 5 heteroatoms. The summed E-state index contributed by atoms with van der Waals surface area (Å²) in [5, 5.41) is 2.95. The topological polar surface area (TPSA) is 60.0 Å². The molecule has 106 valence electrons. The number of nitrogens with zero attached hydrogens (tertiary/aromatic N) is 1. The second kappa shape index (κ2) is 6.52. The molecule has 0 fully saturated rings. The minimum absolute atomic E-state index is 0.128. The van der Waals surface area contributed by atoms with Crippen LogP contribution in [0.1, 0.15) is 23.8 Å². The van der Waals surface area contributed by atoms with Crippen molar-refractivity contribution in [2.75, 3.05) is 17.3 Å². The van der Waals surface area contributed by atoms with E-state index in [0.29, 0.717) is 11.4 Å². The Balaban J connectivity index is 2.24. The molecule has 0 spiro atoms. The number of anilines is 2. The molecule has 3 N–H and O–H groups in total. The number of carbonyl (C=O) groups excluding carboxylic acids is 1. The summed E-state index contributed by atoms with van der Waals surface area (Å²) in [6.07, 6.45) is 4.75. The van der Waals surface area contributed by atoms with Crippen LogP contribution >= 0.6 is 11.8 Å². The van der Waals surface area contributed by atoms with E-state index in [0.717, 1.165) is 23.5 Å². The van der Waals surface area contributed by atoms with E-state index in [-0.39, 0.29) is 5.91 Å². The Bertz CT molecular complexity index is 607. The van der Waals surface area contributed by atoms with Crippen LogP contribution in [0, 0.1) is 0 Å². The third kappa shape index (κ3) is 3.17. The number of para-hydroxylation sites is 1. The standard InChI is InChI=1S/C15H19N3OS/c1-3-8-18-10-11(16)9-13(18)15(19)17-12-6-4-5-7-14(12)20-2/h4-7,9-10H,3,8,16H2,1-2H3,(H,17,19). The van der Waals surface area contributed by atoms with Crippen molar-refractivity contribution in [2.45, 2.75) is 24.8 Å². The molecular weight excluding hydrogens is 270 g/mol. The average Bonchev–Trinajstić information content (AvgIpc) is 2.81. The Hall–Kier alpha value is -1.88. The van der Waals surface area contributed by atoms with Crippen molar-refractivity contribution in [3.8, 4) is 0 Å². The van der Waals surface area contributed by atoms with Crippen LogP contribution in [0.25, 0.3) is 0 Å². The molecule has 0 radical (unpaired) electrons. The molecule has 0 atom stereocenters. The molecule has 1 aromatic heterocycles. The largest absolute Gasteiger partial charge is 0.397 e. The van der Waals surface area contributed by atoms with Crippen LogP contribution in [-0.4, -0.2) is 16.7 Å². The van der Waals surface area contributed by atoms with E-state index in [1.807, 2.05) is 35.1 Å².